The molecular weight excluding hydrogens is 258 g/mol. The number of esters is 1. The molecular formula is C14H13N3O3. The molecule has 0 saturated heterocycles. The van der Waals surface area contributed by atoms with Gasteiger partial charge >= 0.3 is 5.97 Å². The molecule has 1 amide bonds. The molecule has 6 heteroatoms. The zero-order valence-electron chi connectivity index (χ0n) is 10.9. The van der Waals surface area contributed by atoms with Crippen LogP contribution in [0.4, 0.5) is 0 Å². The van der Waals surface area contributed by atoms with Crippen LogP contribution in [0.5, 0.6) is 0 Å². The van der Waals surface area contributed by atoms with Gasteiger partial charge in [-0.1, -0.05) is 12.1 Å². The van der Waals surface area contributed by atoms with Gasteiger partial charge in [-0.05, 0) is 23.8 Å². The van der Waals surface area contributed by atoms with Crippen molar-refractivity contribution in [2.75, 3.05) is 7.11 Å². The van der Waals surface area contributed by atoms with Crippen LogP contribution in [0, 0.1) is 0 Å². The molecule has 0 fully saturated rings. The molecule has 20 heavy (non-hydrogen) atoms. The van der Waals surface area contributed by atoms with E-state index in [2.05, 4.69) is 20.0 Å². The number of ether oxygens (including phenoxy) is 1. The molecule has 2 aromatic rings. The van der Waals surface area contributed by atoms with E-state index >= 15 is 0 Å². The van der Waals surface area contributed by atoms with Gasteiger partial charge in [0.25, 0.3) is 5.91 Å². The van der Waals surface area contributed by atoms with Crippen LogP contribution in [-0.4, -0.2) is 29.0 Å². The Kier molecular flexibility index (Phi) is 4.39. The fraction of sp³-hybridized carbons (Fsp3) is 0.143. The van der Waals surface area contributed by atoms with E-state index in [9.17, 15) is 9.59 Å². The Morgan fingerprint density at radius 2 is 2.00 bits per heavy atom. The fourth-order valence-electron chi connectivity index (χ4n) is 1.56. The summed E-state index contributed by atoms with van der Waals surface area (Å²) < 4.78 is 4.56. The normalized spacial score (nSPS) is 9.85. The summed E-state index contributed by atoms with van der Waals surface area (Å²) >= 11 is 0. The molecule has 0 aliphatic heterocycles. The van der Waals surface area contributed by atoms with Crippen molar-refractivity contribution in [3.8, 4) is 0 Å². The Morgan fingerprint density at radius 3 is 2.70 bits per heavy atom. The van der Waals surface area contributed by atoms with Crippen molar-refractivity contribution >= 4 is 11.9 Å². The Balaban J connectivity index is 2.04. The van der Waals surface area contributed by atoms with Crippen molar-refractivity contribution in [3.05, 3.63) is 59.7 Å². The molecule has 0 aromatic carbocycles. The van der Waals surface area contributed by atoms with Crippen molar-refractivity contribution in [3.63, 3.8) is 0 Å². The highest BCUT2D eigenvalue weighted by molar-refractivity contribution is 5.94. The molecule has 2 heterocycles. The molecule has 0 unspecified atom stereocenters. The first kappa shape index (κ1) is 13.7. The van der Waals surface area contributed by atoms with E-state index in [0.717, 1.165) is 5.56 Å². The second-order valence-electron chi connectivity index (χ2n) is 3.94. The van der Waals surface area contributed by atoms with Crippen molar-refractivity contribution in [1.29, 1.82) is 0 Å². The number of methoxy groups -OCH3 is 1. The average Bonchev–Trinajstić information content (AvgIpc) is 2.53. The van der Waals surface area contributed by atoms with E-state index in [1.807, 2.05) is 6.07 Å². The highest BCUT2D eigenvalue weighted by atomic mass is 16.5. The summed E-state index contributed by atoms with van der Waals surface area (Å²) in [6.07, 6.45) is 3.32. The predicted octanol–water partition coefficient (Wildman–Crippen LogP) is 1.19. The van der Waals surface area contributed by atoms with Crippen molar-refractivity contribution in [1.82, 2.24) is 15.3 Å². The molecule has 0 aliphatic carbocycles. The van der Waals surface area contributed by atoms with Crippen LogP contribution in [0.3, 0.4) is 0 Å². The van der Waals surface area contributed by atoms with Gasteiger partial charge in [-0.15, -0.1) is 0 Å². The highest BCUT2D eigenvalue weighted by Gasteiger charge is 2.12. The second kappa shape index (κ2) is 6.42. The summed E-state index contributed by atoms with van der Waals surface area (Å²) in [6, 6.07) is 8.25. The van der Waals surface area contributed by atoms with E-state index < -0.39 is 5.97 Å². The van der Waals surface area contributed by atoms with Gasteiger partial charge < -0.3 is 10.1 Å². The zero-order valence-corrected chi connectivity index (χ0v) is 10.9. The molecule has 0 atom stereocenters. The highest BCUT2D eigenvalue weighted by Crippen LogP contribution is 2.02. The largest absolute Gasteiger partial charge is 0.464 e. The maximum Gasteiger partial charge on any atom is 0.356 e. The number of pyridine rings is 2. The first-order valence-electron chi connectivity index (χ1n) is 5.93. The minimum Gasteiger partial charge on any atom is -0.464 e. The molecule has 102 valence electrons. The van der Waals surface area contributed by atoms with Crippen LogP contribution in [0.2, 0.25) is 0 Å². The minimum atomic E-state index is -0.577. The summed E-state index contributed by atoms with van der Waals surface area (Å²) in [5.41, 5.74) is 1.14. The lowest BCUT2D eigenvalue weighted by Gasteiger charge is -2.05. The van der Waals surface area contributed by atoms with E-state index in [4.69, 9.17) is 0 Å². The SMILES string of the molecule is COC(=O)c1cccc(C(=O)NCc2cccnc2)n1. The Bertz CT molecular complexity index is 614. The smallest absolute Gasteiger partial charge is 0.356 e. The van der Waals surface area contributed by atoms with Gasteiger partial charge in [-0.3, -0.25) is 9.78 Å². The van der Waals surface area contributed by atoms with Gasteiger partial charge in [0.05, 0.1) is 7.11 Å². The van der Waals surface area contributed by atoms with Crippen LogP contribution >= 0.6 is 0 Å². The molecule has 2 rings (SSSR count). The summed E-state index contributed by atoms with van der Waals surface area (Å²) in [5.74, 6) is -0.938. The van der Waals surface area contributed by atoms with Crippen molar-refractivity contribution < 1.29 is 14.3 Å². The third-order valence-electron chi connectivity index (χ3n) is 2.55. The number of hydrogen-bond acceptors (Lipinski definition) is 5. The van der Waals surface area contributed by atoms with Crippen molar-refractivity contribution in [2.45, 2.75) is 6.54 Å². The number of nitrogens with one attached hydrogen (secondary N) is 1. The van der Waals surface area contributed by atoms with Gasteiger partial charge in [-0.25, -0.2) is 9.78 Å². The number of aromatic nitrogens is 2. The molecule has 0 radical (unpaired) electrons. The third-order valence-corrected chi connectivity index (χ3v) is 2.55. The molecule has 0 aliphatic rings. The van der Waals surface area contributed by atoms with Gasteiger partial charge in [0.15, 0.2) is 0 Å². The molecule has 0 saturated carbocycles. The quantitative estimate of drug-likeness (QED) is 0.845. The molecule has 1 N–H and O–H groups in total. The fourth-order valence-corrected chi connectivity index (χ4v) is 1.56. The monoisotopic (exact) mass is 271 g/mol. The van der Waals surface area contributed by atoms with Gasteiger partial charge in [0.2, 0.25) is 0 Å². The van der Waals surface area contributed by atoms with Crippen molar-refractivity contribution in [2.24, 2.45) is 0 Å². The maximum atomic E-state index is 11.9. The lowest BCUT2D eigenvalue weighted by molar-refractivity contribution is 0.0594. The van der Waals surface area contributed by atoms with E-state index in [-0.39, 0.29) is 17.3 Å². The lowest BCUT2D eigenvalue weighted by Crippen LogP contribution is -2.24. The molecule has 0 bridgehead atoms. The summed E-state index contributed by atoms with van der Waals surface area (Å²) in [7, 11) is 1.26. The minimum absolute atomic E-state index is 0.0986. The zero-order chi connectivity index (χ0) is 14.4. The molecule has 2 aromatic heterocycles. The topological polar surface area (TPSA) is 81.2 Å². The van der Waals surface area contributed by atoms with E-state index in [1.54, 1.807) is 24.5 Å². The third kappa shape index (κ3) is 3.38. The number of rotatable bonds is 4. The van der Waals surface area contributed by atoms with Crippen LogP contribution in [0.25, 0.3) is 0 Å². The Hall–Kier alpha value is -2.76. The number of carbonyl (C=O) groups excluding carboxylic acids is 2. The maximum absolute atomic E-state index is 11.9. The first-order chi connectivity index (χ1) is 9.70. The number of amides is 1. The van der Waals surface area contributed by atoms with Crippen LogP contribution in [0.1, 0.15) is 26.5 Å². The predicted molar refractivity (Wildman–Crippen MR) is 71.0 cm³/mol. The average molecular weight is 271 g/mol. The number of nitrogens with zero attached hydrogens (tertiary/aromatic N) is 2. The lowest BCUT2D eigenvalue weighted by atomic mass is 10.2. The Morgan fingerprint density at radius 1 is 1.20 bits per heavy atom. The van der Waals surface area contributed by atoms with Gasteiger partial charge in [0.1, 0.15) is 11.4 Å². The summed E-state index contributed by atoms with van der Waals surface area (Å²) in [5, 5.41) is 2.71. The Labute approximate surface area is 115 Å². The van der Waals surface area contributed by atoms with E-state index in [0.29, 0.717) is 6.54 Å². The first-order valence-corrected chi connectivity index (χ1v) is 5.93. The summed E-state index contributed by atoms with van der Waals surface area (Å²) in [4.78, 5) is 31.2. The van der Waals surface area contributed by atoms with E-state index in [1.165, 1.54) is 19.2 Å². The number of carbonyl (C=O) groups is 2. The van der Waals surface area contributed by atoms with Gasteiger partial charge in [0, 0.05) is 18.9 Å². The van der Waals surface area contributed by atoms with Crippen LogP contribution < -0.4 is 5.32 Å². The summed E-state index contributed by atoms with van der Waals surface area (Å²) in [6.45, 7) is 0.344. The molecule has 0 spiro atoms. The standard InChI is InChI=1S/C14H13N3O3/c1-20-14(19)12-6-2-5-11(17-12)13(18)16-9-10-4-3-7-15-8-10/h2-8H,9H2,1H3,(H,16,18). The van der Waals surface area contributed by atoms with Crippen LogP contribution in [0.15, 0.2) is 42.7 Å². The molecule has 6 nitrogen and oxygen atoms in total. The van der Waals surface area contributed by atoms with Gasteiger partial charge in [-0.2, -0.15) is 0 Å². The number of hydrogen-bond donors (Lipinski definition) is 1. The van der Waals surface area contributed by atoms with Crippen LogP contribution in [-0.2, 0) is 11.3 Å². The second-order valence-corrected chi connectivity index (χ2v) is 3.94.